The monoisotopic (exact) mass is 455 g/mol. The Labute approximate surface area is 155 Å². The SMILES string of the molecule is CCOCCCNC(N)=NCc1ccc(S(C)(=O)=O)c(C)c1.I. The largest absolute Gasteiger partial charge is 0.382 e. The van der Waals surface area contributed by atoms with Gasteiger partial charge in [0.2, 0.25) is 0 Å². The van der Waals surface area contributed by atoms with Gasteiger partial charge in [0.05, 0.1) is 11.4 Å². The van der Waals surface area contributed by atoms with Crippen LogP contribution in [0.1, 0.15) is 24.5 Å². The lowest BCUT2D eigenvalue weighted by Crippen LogP contribution is -2.32. The van der Waals surface area contributed by atoms with Crippen molar-refractivity contribution in [3.05, 3.63) is 29.3 Å². The maximum atomic E-state index is 11.6. The smallest absolute Gasteiger partial charge is 0.188 e. The van der Waals surface area contributed by atoms with Crippen LogP contribution in [0.4, 0.5) is 0 Å². The van der Waals surface area contributed by atoms with Crippen molar-refractivity contribution in [2.75, 3.05) is 26.0 Å². The van der Waals surface area contributed by atoms with E-state index in [0.29, 0.717) is 37.2 Å². The van der Waals surface area contributed by atoms with E-state index in [-0.39, 0.29) is 24.0 Å². The summed E-state index contributed by atoms with van der Waals surface area (Å²) >= 11 is 0. The van der Waals surface area contributed by atoms with Crippen molar-refractivity contribution in [2.45, 2.75) is 31.7 Å². The van der Waals surface area contributed by atoms with Gasteiger partial charge < -0.3 is 15.8 Å². The fraction of sp³-hybridized carbons (Fsp3) is 0.533. The highest BCUT2D eigenvalue weighted by Crippen LogP contribution is 2.17. The lowest BCUT2D eigenvalue weighted by atomic mass is 10.1. The fourth-order valence-electron chi connectivity index (χ4n) is 1.99. The van der Waals surface area contributed by atoms with Gasteiger partial charge in [-0.2, -0.15) is 0 Å². The van der Waals surface area contributed by atoms with Crippen molar-refractivity contribution < 1.29 is 13.2 Å². The maximum absolute atomic E-state index is 11.6. The Morgan fingerprint density at radius 2 is 2.09 bits per heavy atom. The quantitative estimate of drug-likeness (QED) is 0.270. The number of aliphatic imine (C=N–C) groups is 1. The van der Waals surface area contributed by atoms with Crippen molar-refractivity contribution >= 4 is 39.8 Å². The normalized spacial score (nSPS) is 11.9. The van der Waals surface area contributed by atoms with Gasteiger partial charge in [-0.1, -0.05) is 12.1 Å². The second-order valence-electron chi connectivity index (χ2n) is 5.05. The second-order valence-corrected chi connectivity index (χ2v) is 7.03. The Hall–Kier alpha value is -0.870. The number of ether oxygens (including phenoxy) is 1. The Bertz CT molecular complexity index is 618. The molecular weight excluding hydrogens is 429 g/mol. The van der Waals surface area contributed by atoms with Crippen molar-refractivity contribution in [1.29, 1.82) is 0 Å². The molecule has 0 heterocycles. The molecule has 6 nitrogen and oxygen atoms in total. The molecule has 8 heteroatoms. The molecule has 0 fully saturated rings. The summed E-state index contributed by atoms with van der Waals surface area (Å²) in [6, 6.07) is 5.19. The topological polar surface area (TPSA) is 93.8 Å². The first-order valence-corrected chi connectivity index (χ1v) is 9.15. The number of hydrogen-bond acceptors (Lipinski definition) is 4. The number of sulfone groups is 1. The van der Waals surface area contributed by atoms with E-state index < -0.39 is 9.84 Å². The molecule has 0 amide bonds. The van der Waals surface area contributed by atoms with Gasteiger partial charge in [-0.15, -0.1) is 24.0 Å². The molecule has 1 aromatic carbocycles. The summed E-state index contributed by atoms with van der Waals surface area (Å²) in [4.78, 5) is 4.59. The second kappa shape index (κ2) is 10.8. The number of benzene rings is 1. The van der Waals surface area contributed by atoms with Crippen LogP contribution in [0.25, 0.3) is 0 Å². The third-order valence-corrected chi connectivity index (χ3v) is 4.30. The van der Waals surface area contributed by atoms with Gasteiger partial charge in [-0.25, -0.2) is 13.4 Å². The lowest BCUT2D eigenvalue weighted by molar-refractivity contribution is 0.145. The van der Waals surface area contributed by atoms with E-state index in [2.05, 4.69) is 10.3 Å². The van der Waals surface area contributed by atoms with E-state index in [1.807, 2.05) is 13.0 Å². The van der Waals surface area contributed by atoms with Crippen LogP contribution < -0.4 is 11.1 Å². The van der Waals surface area contributed by atoms with Gasteiger partial charge in [0.15, 0.2) is 15.8 Å². The molecular formula is C15H26IN3O3S. The first kappa shape index (κ1) is 22.1. The molecule has 0 aromatic heterocycles. The summed E-state index contributed by atoms with van der Waals surface area (Å²) in [5.74, 6) is 0.376. The van der Waals surface area contributed by atoms with Crippen LogP contribution in [0.15, 0.2) is 28.1 Å². The van der Waals surface area contributed by atoms with Crippen molar-refractivity contribution in [3.8, 4) is 0 Å². The molecule has 0 saturated heterocycles. The molecule has 0 unspecified atom stereocenters. The third kappa shape index (κ3) is 8.52. The molecule has 0 radical (unpaired) electrons. The Balaban J connectivity index is 0.00000484. The molecule has 23 heavy (non-hydrogen) atoms. The van der Waals surface area contributed by atoms with Crippen LogP contribution >= 0.6 is 24.0 Å². The Morgan fingerprint density at radius 1 is 1.39 bits per heavy atom. The zero-order valence-electron chi connectivity index (χ0n) is 13.8. The molecule has 0 aliphatic carbocycles. The average Bonchev–Trinajstić information content (AvgIpc) is 2.43. The molecule has 0 bridgehead atoms. The lowest BCUT2D eigenvalue weighted by Gasteiger charge is -2.07. The number of rotatable bonds is 8. The Kier molecular flexibility index (Phi) is 10.4. The van der Waals surface area contributed by atoms with Crippen molar-refractivity contribution in [2.24, 2.45) is 10.7 Å². The van der Waals surface area contributed by atoms with Crippen molar-refractivity contribution in [3.63, 3.8) is 0 Å². The minimum Gasteiger partial charge on any atom is -0.382 e. The minimum absolute atomic E-state index is 0. The van der Waals surface area contributed by atoms with Gasteiger partial charge in [0.1, 0.15) is 0 Å². The summed E-state index contributed by atoms with van der Waals surface area (Å²) in [6.07, 6.45) is 2.07. The van der Waals surface area contributed by atoms with E-state index in [0.717, 1.165) is 17.5 Å². The van der Waals surface area contributed by atoms with E-state index >= 15 is 0 Å². The number of nitrogens with one attached hydrogen (secondary N) is 1. The third-order valence-electron chi connectivity index (χ3n) is 3.05. The van der Waals surface area contributed by atoms with Crippen LogP contribution in [-0.2, 0) is 21.1 Å². The molecule has 0 aliphatic heterocycles. The summed E-state index contributed by atoms with van der Waals surface area (Å²) < 4.78 is 28.3. The summed E-state index contributed by atoms with van der Waals surface area (Å²) in [6.45, 7) is 6.27. The van der Waals surface area contributed by atoms with E-state index in [9.17, 15) is 8.42 Å². The first-order valence-electron chi connectivity index (χ1n) is 7.25. The van der Waals surface area contributed by atoms with Gasteiger partial charge in [-0.05, 0) is 37.5 Å². The van der Waals surface area contributed by atoms with Crippen LogP contribution in [0.2, 0.25) is 0 Å². The highest BCUT2D eigenvalue weighted by molar-refractivity contribution is 14.0. The van der Waals surface area contributed by atoms with Crippen LogP contribution in [0.5, 0.6) is 0 Å². The zero-order valence-corrected chi connectivity index (χ0v) is 17.0. The van der Waals surface area contributed by atoms with E-state index in [4.69, 9.17) is 10.5 Å². The average molecular weight is 455 g/mol. The fourth-order valence-corrected chi connectivity index (χ4v) is 2.95. The first-order chi connectivity index (χ1) is 10.3. The van der Waals surface area contributed by atoms with Crippen LogP contribution in [0.3, 0.4) is 0 Å². The minimum atomic E-state index is -3.19. The number of guanidine groups is 1. The summed E-state index contributed by atoms with van der Waals surface area (Å²) in [5, 5.41) is 3.01. The zero-order chi connectivity index (χ0) is 16.6. The number of aryl methyl sites for hydroxylation is 1. The molecule has 3 N–H and O–H groups in total. The molecule has 0 spiro atoms. The number of hydrogen-bond donors (Lipinski definition) is 2. The molecule has 0 atom stereocenters. The van der Waals surface area contributed by atoms with E-state index in [1.165, 1.54) is 6.26 Å². The number of nitrogens with zero attached hydrogens (tertiary/aromatic N) is 1. The number of nitrogens with two attached hydrogens (primary N) is 1. The van der Waals surface area contributed by atoms with Gasteiger partial charge in [0, 0.05) is 26.0 Å². The Morgan fingerprint density at radius 3 is 2.65 bits per heavy atom. The molecule has 1 rings (SSSR count). The molecule has 1 aromatic rings. The van der Waals surface area contributed by atoms with Gasteiger partial charge >= 0.3 is 0 Å². The molecule has 0 aliphatic rings. The standard InChI is InChI=1S/C15H25N3O3S.HI/c1-4-21-9-5-8-17-15(16)18-11-13-6-7-14(12(2)10-13)22(3,19)20;/h6-7,10H,4-5,8-9,11H2,1-3H3,(H3,16,17,18);1H. The number of halogens is 1. The maximum Gasteiger partial charge on any atom is 0.188 e. The molecule has 0 saturated carbocycles. The van der Waals surface area contributed by atoms with Gasteiger partial charge in [-0.3, -0.25) is 0 Å². The van der Waals surface area contributed by atoms with Crippen LogP contribution in [0, 0.1) is 6.92 Å². The van der Waals surface area contributed by atoms with E-state index in [1.54, 1.807) is 19.1 Å². The predicted molar refractivity (Wildman–Crippen MR) is 104 cm³/mol. The highest BCUT2D eigenvalue weighted by atomic mass is 127. The van der Waals surface area contributed by atoms with Crippen molar-refractivity contribution in [1.82, 2.24) is 5.32 Å². The van der Waals surface area contributed by atoms with Gasteiger partial charge in [0.25, 0.3) is 0 Å². The highest BCUT2D eigenvalue weighted by Gasteiger charge is 2.10. The molecule has 132 valence electrons. The summed E-state index contributed by atoms with van der Waals surface area (Å²) in [7, 11) is -3.19. The predicted octanol–water partition coefficient (Wildman–Crippen LogP) is 1.85. The summed E-state index contributed by atoms with van der Waals surface area (Å²) in [5.41, 5.74) is 7.42. The van der Waals surface area contributed by atoms with Crippen LogP contribution in [-0.4, -0.2) is 40.4 Å².